The molecule has 3 aromatic rings. The van der Waals surface area contributed by atoms with Crippen molar-refractivity contribution in [3.05, 3.63) is 41.0 Å². The predicted molar refractivity (Wildman–Crippen MR) is 77.9 cm³/mol. The Labute approximate surface area is 124 Å². The Kier molecular flexibility index (Phi) is 3.56. The zero-order valence-electron chi connectivity index (χ0n) is 10.3. The van der Waals surface area contributed by atoms with Gasteiger partial charge in [0.2, 0.25) is 5.28 Å². The van der Waals surface area contributed by atoms with Crippen molar-refractivity contribution in [2.24, 2.45) is 0 Å². The van der Waals surface area contributed by atoms with E-state index in [1.807, 2.05) is 22.8 Å². The van der Waals surface area contributed by atoms with Crippen LogP contribution in [-0.4, -0.2) is 31.2 Å². The molecule has 1 N–H and O–H groups in total. The normalized spacial score (nSPS) is 11.2. The van der Waals surface area contributed by atoms with Gasteiger partial charge in [-0.2, -0.15) is 0 Å². The molecule has 0 atom stereocenters. The highest BCUT2D eigenvalue weighted by atomic mass is 35.5. The Morgan fingerprint density at radius 1 is 1.20 bits per heavy atom. The Bertz CT molecular complexity index is 772. The predicted octanol–water partition coefficient (Wildman–Crippen LogP) is 2.79. The van der Waals surface area contributed by atoms with Crippen LogP contribution in [0.5, 0.6) is 0 Å². The number of halogens is 2. The lowest BCUT2D eigenvalue weighted by Crippen LogP contribution is -1.99. The van der Waals surface area contributed by atoms with E-state index in [1.54, 1.807) is 6.33 Å². The van der Waals surface area contributed by atoms with E-state index in [1.165, 1.54) is 6.20 Å². The van der Waals surface area contributed by atoms with Crippen molar-refractivity contribution < 1.29 is 5.11 Å². The van der Waals surface area contributed by atoms with E-state index in [0.29, 0.717) is 17.3 Å². The average molecular weight is 309 g/mol. The molecule has 0 fully saturated rings. The molecule has 20 heavy (non-hydrogen) atoms. The van der Waals surface area contributed by atoms with Crippen LogP contribution in [0, 0.1) is 0 Å². The third kappa shape index (κ3) is 2.35. The average Bonchev–Trinajstić information content (AvgIpc) is 2.84. The number of nitrogens with zero attached hydrogens (tertiary/aromatic N) is 4. The molecule has 7 heteroatoms. The summed E-state index contributed by atoms with van der Waals surface area (Å²) in [6.45, 7) is 0.580. The minimum Gasteiger partial charge on any atom is -0.395 e. The first kappa shape index (κ1) is 13.3. The first-order chi connectivity index (χ1) is 9.69. The Morgan fingerprint density at radius 2 is 2.05 bits per heavy atom. The van der Waals surface area contributed by atoms with Gasteiger partial charge >= 0.3 is 0 Å². The smallest absolute Gasteiger partial charge is 0.222 e. The van der Waals surface area contributed by atoms with E-state index in [2.05, 4.69) is 15.0 Å². The maximum Gasteiger partial charge on any atom is 0.222 e. The number of imidazole rings is 1. The van der Waals surface area contributed by atoms with Crippen LogP contribution in [-0.2, 0) is 6.54 Å². The summed E-state index contributed by atoms with van der Waals surface area (Å²) in [7, 11) is 0. The molecule has 0 aliphatic heterocycles. The van der Waals surface area contributed by atoms with Gasteiger partial charge in [0.25, 0.3) is 0 Å². The van der Waals surface area contributed by atoms with Gasteiger partial charge in [-0.1, -0.05) is 17.7 Å². The first-order valence-corrected chi connectivity index (χ1v) is 6.69. The standard InChI is InChI=1S/C13H10Cl2N4O/c14-9-6-16-13(15)18-12(9)8-1-2-11-10(5-8)17-7-19(11)3-4-20/h1-2,5-7,20H,3-4H2. The number of hydrogen-bond acceptors (Lipinski definition) is 4. The van der Waals surface area contributed by atoms with Gasteiger partial charge < -0.3 is 9.67 Å². The maximum atomic E-state index is 9.00. The van der Waals surface area contributed by atoms with Crippen LogP contribution in [0.15, 0.2) is 30.7 Å². The van der Waals surface area contributed by atoms with E-state index in [-0.39, 0.29) is 11.9 Å². The van der Waals surface area contributed by atoms with Crippen LogP contribution in [0.3, 0.4) is 0 Å². The number of aliphatic hydroxyl groups excluding tert-OH is 1. The highest BCUT2D eigenvalue weighted by molar-refractivity contribution is 6.33. The van der Waals surface area contributed by atoms with Gasteiger partial charge in [-0.25, -0.2) is 15.0 Å². The third-order valence-electron chi connectivity index (χ3n) is 2.95. The van der Waals surface area contributed by atoms with Crippen LogP contribution in [0.4, 0.5) is 0 Å². The van der Waals surface area contributed by atoms with Crippen molar-refractivity contribution in [2.45, 2.75) is 6.54 Å². The molecule has 1 aromatic carbocycles. The summed E-state index contributed by atoms with van der Waals surface area (Å²) < 4.78 is 1.88. The fourth-order valence-corrected chi connectivity index (χ4v) is 2.38. The van der Waals surface area contributed by atoms with Crippen LogP contribution in [0.2, 0.25) is 10.3 Å². The van der Waals surface area contributed by atoms with Crippen molar-refractivity contribution in [1.29, 1.82) is 0 Å². The zero-order valence-corrected chi connectivity index (χ0v) is 11.8. The monoisotopic (exact) mass is 308 g/mol. The Balaban J connectivity index is 2.11. The Morgan fingerprint density at radius 3 is 2.85 bits per heavy atom. The lowest BCUT2D eigenvalue weighted by molar-refractivity contribution is 0.278. The second-order valence-corrected chi connectivity index (χ2v) is 4.95. The van der Waals surface area contributed by atoms with Gasteiger partial charge in [-0.15, -0.1) is 0 Å². The lowest BCUT2D eigenvalue weighted by Gasteiger charge is -2.05. The molecule has 0 radical (unpaired) electrons. The van der Waals surface area contributed by atoms with E-state index in [0.717, 1.165) is 16.6 Å². The number of benzene rings is 1. The Hall–Kier alpha value is -1.69. The van der Waals surface area contributed by atoms with Crippen LogP contribution < -0.4 is 0 Å². The van der Waals surface area contributed by atoms with Crippen LogP contribution in [0.1, 0.15) is 0 Å². The van der Waals surface area contributed by atoms with Crippen molar-refractivity contribution in [3.8, 4) is 11.3 Å². The van der Waals surface area contributed by atoms with E-state index < -0.39 is 0 Å². The number of hydrogen-bond donors (Lipinski definition) is 1. The summed E-state index contributed by atoms with van der Waals surface area (Å²) in [5.74, 6) is 0. The number of rotatable bonds is 3. The third-order valence-corrected chi connectivity index (χ3v) is 3.41. The summed E-state index contributed by atoms with van der Waals surface area (Å²) in [5, 5.41) is 9.58. The van der Waals surface area contributed by atoms with Crippen molar-refractivity contribution in [3.63, 3.8) is 0 Å². The first-order valence-electron chi connectivity index (χ1n) is 5.93. The van der Waals surface area contributed by atoms with E-state index in [4.69, 9.17) is 28.3 Å². The minimum atomic E-state index is 0.0700. The highest BCUT2D eigenvalue weighted by Crippen LogP contribution is 2.28. The van der Waals surface area contributed by atoms with Crippen LogP contribution in [0.25, 0.3) is 22.3 Å². The molecular formula is C13H10Cl2N4O. The van der Waals surface area contributed by atoms with Crippen molar-refractivity contribution in [1.82, 2.24) is 19.5 Å². The molecule has 0 amide bonds. The molecule has 102 valence electrons. The molecule has 3 rings (SSSR count). The van der Waals surface area contributed by atoms with Gasteiger partial charge in [0.1, 0.15) is 0 Å². The molecule has 0 aliphatic rings. The van der Waals surface area contributed by atoms with Gasteiger partial charge in [-0.3, -0.25) is 0 Å². The number of fused-ring (bicyclic) bond motifs is 1. The molecular weight excluding hydrogens is 299 g/mol. The summed E-state index contributed by atoms with van der Waals surface area (Å²) in [4.78, 5) is 12.3. The highest BCUT2D eigenvalue weighted by Gasteiger charge is 2.10. The molecule has 0 spiro atoms. The number of aliphatic hydroxyl groups is 1. The quantitative estimate of drug-likeness (QED) is 0.756. The maximum absolute atomic E-state index is 9.00. The summed E-state index contributed by atoms with van der Waals surface area (Å²) in [5.41, 5.74) is 3.15. The second kappa shape index (κ2) is 5.36. The topological polar surface area (TPSA) is 63.8 Å². The van der Waals surface area contributed by atoms with E-state index in [9.17, 15) is 0 Å². The summed E-state index contributed by atoms with van der Waals surface area (Å²) >= 11 is 11.9. The molecule has 0 saturated heterocycles. The molecule has 0 bridgehead atoms. The number of aromatic nitrogens is 4. The molecule has 2 heterocycles. The summed E-state index contributed by atoms with van der Waals surface area (Å²) in [6, 6.07) is 5.69. The van der Waals surface area contributed by atoms with Crippen LogP contribution >= 0.6 is 23.2 Å². The van der Waals surface area contributed by atoms with Crippen molar-refractivity contribution >= 4 is 34.2 Å². The fourth-order valence-electron chi connectivity index (χ4n) is 2.05. The largest absolute Gasteiger partial charge is 0.395 e. The SMILES string of the molecule is OCCn1cnc2cc(-c3nc(Cl)ncc3Cl)ccc21. The van der Waals surface area contributed by atoms with Gasteiger partial charge in [0, 0.05) is 12.1 Å². The fraction of sp³-hybridized carbons (Fsp3) is 0.154. The van der Waals surface area contributed by atoms with E-state index >= 15 is 0 Å². The molecule has 0 unspecified atom stereocenters. The molecule has 5 nitrogen and oxygen atoms in total. The van der Waals surface area contributed by atoms with Gasteiger partial charge in [0.15, 0.2) is 0 Å². The summed E-state index contributed by atoms with van der Waals surface area (Å²) in [6.07, 6.45) is 3.17. The minimum absolute atomic E-state index is 0.0700. The molecule has 0 saturated carbocycles. The second-order valence-electron chi connectivity index (χ2n) is 4.20. The van der Waals surface area contributed by atoms with Gasteiger partial charge in [0.05, 0.1) is 40.9 Å². The van der Waals surface area contributed by atoms with Crippen molar-refractivity contribution in [2.75, 3.05) is 6.61 Å². The van der Waals surface area contributed by atoms with Gasteiger partial charge in [-0.05, 0) is 23.7 Å². The molecule has 2 aromatic heterocycles. The lowest BCUT2D eigenvalue weighted by atomic mass is 10.1. The molecule has 0 aliphatic carbocycles. The zero-order chi connectivity index (χ0) is 14.1.